The van der Waals surface area contributed by atoms with E-state index in [4.69, 9.17) is 15.6 Å². The summed E-state index contributed by atoms with van der Waals surface area (Å²) in [6.07, 6.45) is -3.14. The van der Waals surface area contributed by atoms with Crippen molar-refractivity contribution in [3.63, 3.8) is 0 Å². The Morgan fingerprint density at radius 2 is 1.97 bits per heavy atom. The summed E-state index contributed by atoms with van der Waals surface area (Å²) < 4.78 is 46.4. The topological polar surface area (TPSA) is 118 Å². The molecule has 0 saturated carbocycles. The van der Waals surface area contributed by atoms with Gasteiger partial charge in [0.1, 0.15) is 11.6 Å². The normalized spacial score (nSPS) is 17.5. The van der Waals surface area contributed by atoms with Gasteiger partial charge in [-0.15, -0.1) is 0 Å². The second-order valence-corrected chi connectivity index (χ2v) is 7.40. The summed E-state index contributed by atoms with van der Waals surface area (Å²) in [7, 11) is 0. The van der Waals surface area contributed by atoms with Crippen LogP contribution in [0.5, 0.6) is 0 Å². The molecule has 0 atom stereocenters. The number of rotatable bonds is 4. The lowest BCUT2D eigenvalue weighted by molar-refractivity contribution is -0.139. The maximum atomic E-state index is 13.7. The monoisotopic (exact) mass is 438 g/mol. The zero-order valence-electron chi connectivity index (χ0n) is 16.5. The van der Waals surface area contributed by atoms with E-state index in [-0.39, 0.29) is 30.3 Å². The van der Waals surface area contributed by atoms with E-state index < -0.39 is 17.7 Å². The predicted molar refractivity (Wildman–Crippen MR) is 104 cm³/mol. The fourth-order valence-electron chi connectivity index (χ4n) is 3.83. The number of aromatic nitrogens is 3. The summed E-state index contributed by atoms with van der Waals surface area (Å²) >= 11 is 0. The van der Waals surface area contributed by atoms with Gasteiger partial charge in [-0.2, -0.15) is 13.2 Å². The van der Waals surface area contributed by atoms with Gasteiger partial charge in [0.2, 0.25) is 0 Å². The highest BCUT2D eigenvalue weighted by atomic mass is 19.4. The van der Waals surface area contributed by atoms with E-state index in [1.807, 2.05) is 4.90 Å². The van der Waals surface area contributed by atoms with E-state index >= 15 is 0 Å². The summed E-state index contributed by atoms with van der Waals surface area (Å²) in [5.74, 6) is -0.788. The molecule has 0 radical (unpaired) electrons. The Morgan fingerprint density at radius 1 is 1.23 bits per heavy atom. The van der Waals surface area contributed by atoms with Gasteiger partial charge in [0.05, 0.1) is 31.0 Å². The number of ether oxygens (including phenoxy) is 1. The lowest BCUT2D eigenvalue weighted by atomic mass is 10.0. The third-order valence-electron chi connectivity index (χ3n) is 5.26. The van der Waals surface area contributed by atoms with E-state index in [9.17, 15) is 18.0 Å². The highest BCUT2D eigenvalue weighted by Crippen LogP contribution is 2.38. The first-order chi connectivity index (χ1) is 14.7. The number of fused-ring (bicyclic) bond motifs is 1. The third kappa shape index (κ3) is 4.54. The summed E-state index contributed by atoms with van der Waals surface area (Å²) in [4.78, 5) is 27.5. The molecule has 0 aromatic carbocycles. The minimum Gasteiger partial charge on any atom is -0.480 e. The maximum absolute atomic E-state index is 13.7. The number of carbonyl (C=O) groups is 1. The quantitative estimate of drug-likeness (QED) is 0.731. The molecule has 31 heavy (non-hydrogen) atoms. The van der Waals surface area contributed by atoms with Gasteiger partial charge in [0.25, 0.3) is 0 Å². The number of halogens is 3. The van der Waals surface area contributed by atoms with Gasteiger partial charge in [-0.05, 0) is 12.5 Å². The Kier molecular flexibility index (Phi) is 5.67. The maximum Gasteiger partial charge on any atom is 0.417 e. The van der Waals surface area contributed by atoms with E-state index in [0.29, 0.717) is 50.8 Å². The summed E-state index contributed by atoms with van der Waals surface area (Å²) in [5, 5.41) is 9.12. The van der Waals surface area contributed by atoms with Crippen molar-refractivity contribution in [3.05, 3.63) is 29.1 Å². The second kappa shape index (κ2) is 8.27. The molecule has 3 N–H and O–H groups in total. The van der Waals surface area contributed by atoms with E-state index in [2.05, 4.69) is 15.0 Å². The largest absolute Gasteiger partial charge is 0.480 e. The van der Waals surface area contributed by atoms with E-state index in [1.165, 1.54) is 0 Å². The Balaban J connectivity index is 1.84. The van der Waals surface area contributed by atoms with Crippen LogP contribution in [-0.2, 0) is 28.7 Å². The number of nitrogens with zero attached hydrogens (tertiary/aromatic N) is 5. The van der Waals surface area contributed by atoms with Crippen LogP contribution in [0.2, 0.25) is 0 Å². The van der Waals surface area contributed by atoms with Gasteiger partial charge < -0.3 is 20.5 Å². The number of anilines is 2. The number of hydrogen-bond acceptors (Lipinski definition) is 8. The van der Waals surface area contributed by atoms with Crippen molar-refractivity contribution in [2.24, 2.45) is 0 Å². The van der Waals surface area contributed by atoms with Crippen LogP contribution in [0.1, 0.15) is 16.8 Å². The summed E-state index contributed by atoms with van der Waals surface area (Å²) in [5.41, 5.74) is 5.59. The molecule has 2 aliphatic heterocycles. The number of hydrogen-bond donors (Lipinski definition) is 2. The zero-order valence-corrected chi connectivity index (χ0v) is 16.5. The Bertz CT molecular complexity index is 995. The molecule has 12 heteroatoms. The van der Waals surface area contributed by atoms with Crippen molar-refractivity contribution < 1.29 is 27.8 Å². The molecule has 0 bridgehead atoms. The number of carboxylic acid groups (broad SMARTS) is 1. The van der Waals surface area contributed by atoms with Crippen LogP contribution < -0.4 is 10.6 Å². The first-order valence-corrected chi connectivity index (χ1v) is 9.72. The standard InChI is InChI=1S/C19H21F3N6O3/c20-19(21,22)13-7-15(23)24-8-12(13)17-25-14-9-27(10-16(29)30)2-1-11(14)18(26-17)28-3-5-31-6-4-28/h7-8H,1-6,9-10H2,(H2,23,24)(H,29,30). The van der Waals surface area contributed by atoms with Gasteiger partial charge in [-0.3, -0.25) is 9.69 Å². The number of morpholine rings is 1. The minimum absolute atomic E-state index is 0.114. The number of aliphatic carboxylic acids is 1. The van der Waals surface area contributed by atoms with Crippen LogP contribution in [0.3, 0.4) is 0 Å². The Morgan fingerprint density at radius 3 is 2.65 bits per heavy atom. The fraction of sp³-hybridized carbons (Fsp3) is 0.474. The van der Waals surface area contributed by atoms with Crippen molar-refractivity contribution in [1.29, 1.82) is 0 Å². The molecular formula is C19H21F3N6O3. The van der Waals surface area contributed by atoms with Crippen molar-refractivity contribution >= 4 is 17.6 Å². The number of pyridine rings is 1. The predicted octanol–water partition coefficient (Wildman–Crippen LogP) is 1.42. The van der Waals surface area contributed by atoms with Crippen LogP contribution in [0.25, 0.3) is 11.4 Å². The Labute approximate surface area is 175 Å². The molecular weight excluding hydrogens is 417 g/mol. The molecule has 166 valence electrons. The number of carboxylic acids is 1. The van der Waals surface area contributed by atoms with Gasteiger partial charge in [-0.25, -0.2) is 15.0 Å². The molecule has 1 saturated heterocycles. The first kappa shape index (κ1) is 21.2. The van der Waals surface area contributed by atoms with Gasteiger partial charge in [-0.1, -0.05) is 0 Å². The van der Waals surface area contributed by atoms with Crippen molar-refractivity contribution in [1.82, 2.24) is 19.9 Å². The molecule has 4 heterocycles. The first-order valence-electron chi connectivity index (χ1n) is 9.72. The molecule has 0 amide bonds. The van der Waals surface area contributed by atoms with Crippen LogP contribution in [0, 0.1) is 0 Å². The third-order valence-corrected chi connectivity index (χ3v) is 5.26. The molecule has 2 aromatic rings. The summed E-state index contributed by atoms with van der Waals surface area (Å²) in [6.45, 7) is 2.59. The zero-order chi connectivity index (χ0) is 22.2. The average molecular weight is 438 g/mol. The summed E-state index contributed by atoms with van der Waals surface area (Å²) in [6, 6.07) is 0.767. The van der Waals surface area contributed by atoms with Crippen molar-refractivity contribution in [2.45, 2.75) is 19.1 Å². The fourth-order valence-corrected chi connectivity index (χ4v) is 3.83. The van der Waals surface area contributed by atoms with E-state index in [1.54, 1.807) is 4.90 Å². The van der Waals surface area contributed by atoms with Crippen LogP contribution >= 0.6 is 0 Å². The minimum atomic E-state index is -4.67. The van der Waals surface area contributed by atoms with Gasteiger partial charge >= 0.3 is 12.1 Å². The smallest absolute Gasteiger partial charge is 0.417 e. The van der Waals surface area contributed by atoms with Crippen LogP contribution in [0.4, 0.5) is 24.8 Å². The molecule has 1 fully saturated rings. The Hall–Kier alpha value is -2.99. The molecule has 0 spiro atoms. The van der Waals surface area contributed by atoms with Gasteiger partial charge in [0.15, 0.2) is 5.82 Å². The molecule has 0 unspecified atom stereocenters. The SMILES string of the molecule is Nc1cc(C(F)(F)F)c(-c2nc3c(c(N4CCOCC4)n2)CCN(CC(=O)O)C3)cn1. The lowest BCUT2D eigenvalue weighted by Gasteiger charge is -2.33. The van der Waals surface area contributed by atoms with Crippen LogP contribution in [-0.4, -0.2) is 70.3 Å². The van der Waals surface area contributed by atoms with Crippen molar-refractivity contribution in [2.75, 3.05) is 50.0 Å². The van der Waals surface area contributed by atoms with Gasteiger partial charge in [0, 0.05) is 43.5 Å². The lowest BCUT2D eigenvalue weighted by Crippen LogP contribution is -2.40. The molecule has 2 aliphatic rings. The number of nitrogens with two attached hydrogens (primary N) is 1. The average Bonchev–Trinajstić information content (AvgIpc) is 2.72. The molecule has 4 rings (SSSR count). The molecule has 0 aliphatic carbocycles. The molecule has 9 nitrogen and oxygen atoms in total. The highest BCUT2D eigenvalue weighted by molar-refractivity contribution is 5.69. The number of alkyl halides is 3. The second-order valence-electron chi connectivity index (χ2n) is 7.40. The van der Waals surface area contributed by atoms with E-state index in [0.717, 1.165) is 17.8 Å². The molecule has 2 aromatic heterocycles. The highest BCUT2D eigenvalue weighted by Gasteiger charge is 2.36. The number of nitrogen functional groups attached to an aromatic ring is 1. The van der Waals surface area contributed by atoms with Crippen LogP contribution in [0.15, 0.2) is 12.3 Å². The van der Waals surface area contributed by atoms with Crippen molar-refractivity contribution in [3.8, 4) is 11.4 Å².